The van der Waals surface area contributed by atoms with Crippen molar-refractivity contribution >= 4 is 11.7 Å². The Balaban J connectivity index is 1.10. The van der Waals surface area contributed by atoms with Crippen molar-refractivity contribution in [1.29, 1.82) is 0 Å². The van der Waals surface area contributed by atoms with E-state index in [1.165, 1.54) is 25.7 Å². The number of nitrogens with zero attached hydrogens (tertiary/aromatic N) is 3. The van der Waals surface area contributed by atoms with Crippen molar-refractivity contribution in [3.05, 3.63) is 60.3 Å². The monoisotopic (exact) mass is 418 g/mol. The summed E-state index contributed by atoms with van der Waals surface area (Å²) in [5.74, 6) is 2.81. The lowest BCUT2D eigenvalue weighted by Crippen LogP contribution is -2.53. The number of fused-ring (bicyclic) bond motifs is 1. The van der Waals surface area contributed by atoms with Crippen LogP contribution in [0.3, 0.4) is 0 Å². The molecule has 3 aliphatic rings. The van der Waals surface area contributed by atoms with Crippen molar-refractivity contribution in [2.24, 2.45) is 11.8 Å². The third-order valence-electron chi connectivity index (χ3n) is 7.76. The topological polar surface area (TPSA) is 48.5 Å². The van der Waals surface area contributed by atoms with Crippen LogP contribution in [0.2, 0.25) is 0 Å². The van der Waals surface area contributed by atoms with Crippen molar-refractivity contribution in [3.63, 3.8) is 0 Å². The van der Waals surface area contributed by atoms with E-state index in [0.717, 1.165) is 68.3 Å². The summed E-state index contributed by atoms with van der Waals surface area (Å²) in [6.07, 6.45) is 9.39. The van der Waals surface area contributed by atoms with Crippen molar-refractivity contribution in [2.45, 2.75) is 50.6 Å². The molecule has 1 aromatic carbocycles. The zero-order valence-electron chi connectivity index (χ0n) is 18.3. The second-order valence-corrected chi connectivity index (χ2v) is 9.55. The van der Waals surface area contributed by atoms with E-state index in [1.807, 2.05) is 42.6 Å². The van der Waals surface area contributed by atoms with Crippen molar-refractivity contribution < 1.29 is 4.79 Å². The predicted molar refractivity (Wildman–Crippen MR) is 124 cm³/mol. The van der Waals surface area contributed by atoms with E-state index < -0.39 is 0 Å². The number of pyridine rings is 1. The quantitative estimate of drug-likeness (QED) is 0.816. The highest BCUT2D eigenvalue weighted by Gasteiger charge is 2.38. The Labute approximate surface area is 185 Å². The Morgan fingerprint density at radius 2 is 1.58 bits per heavy atom. The van der Waals surface area contributed by atoms with Gasteiger partial charge in [0.25, 0.3) is 5.91 Å². The van der Waals surface area contributed by atoms with Crippen LogP contribution in [0.15, 0.2) is 54.7 Å². The molecule has 2 heterocycles. The van der Waals surface area contributed by atoms with Gasteiger partial charge in [0.1, 0.15) is 5.82 Å². The summed E-state index contributed by atoms with van der Waals surface area (Å²) in [6.45, 7) is 4.45. The van der Waals surface area contributed by atoms with Gasteiger partial charge >= 0.3 is 0 Å². The van der Waals surface area contributed by atoms with E-state index in [1.54, 1.807) is 0 Å². The van der Waals surface area contributed by atoms with E-state index in [9.17, 15) is 4.79 Å². The Bertz CT molecular complexity index is 850. The van der Waals surface area contributed by atoms with Crippen molar-refractivity contribution in [1.82, 2.24) is 15.2 Å². The lowest BCUT2D eigenvalue weighted by molar-refractivity contribution is 0.0586. The number of amides is 1. The zero-order valence-corrected chi connectivity index (χ0v) is 18.3. The molecule has 1 N–H and O–H groups in total. The van der Waals surface area contributed by atoms with Gasteiger partial charge in [-0.05, 0) is 74.6 Å². The standard InChI is InChI=1S/C26H34N4O/c31-26(20-6-2-1-3-7-20)28-23-11-9-22-19-24(12-10-21(22)18-23)29-14-16-30(17-15-29)25-8-4-5-13-27-25/h1-8,13,21-24H,9-12,14-19H2,(H,28,31)/t21-,22+,23+,24+/m1/s1. The molecule has 31 heavy (non-hydrogen) atoms. The first kappa shape index (κ1) is 20.5. The van der Waals surface area contributed by atoms with E-state index >= 15 is 0 Å². The van der Waals surface area contributed by atoms with Crippen molar-refractivity contribution in [2.75, 3.05) is 31.1 Å². The molecule has 1 aliphatic heterocycles. The second-order valence-electron chi connectivity index (χ2n) is 9.55. The smallest absolute Gasteiger partial charge is 0.251 e. The minimum absolute atomic E-state index is 0.0866. The summed E-state index contributed by atoms with van der Waals surface area (Å²) >= 11 is 0. The summed E-state index contributed by atoms with van der Waals surface area (Å²) < 4.78 is 0. The number of anilines is 1. The molecule has 5 heteroatoms. The molecule has 5 nitrogen and oxygen atoms in total. The number of rotatable bonds is 4. The number of benzene rings is 1. The minimum Gasteiger partial charge on any atom is -0.354 e. The third kappa shape index (κ3) is 4.77. The summed E-state index contributed by atoms with van der Waals surface area (Å²) in [7, 11) is 0. The molecular formula is C26H34N4O. The molecule has 2 aliphatic carbocycles. The number of carbonyl (C=O) groups excluding carboxylic acids is 1. The van der Waals surface area contributed by atoms with Gasteiger partial charge in [0.2, 0.25) is 0 Å². The number of piperazine rings is 1. The molecule has 0 radical (unpaired) electrons. The first-order chi connectivity index (χ1) is 15.3. The molecule has 2 aromatic rings. The highest BCUT2D eigenvalue weighted by Crippen LogP contribution is 2.42. The predicted octanol–water partition coefficient (Wildman–Crippen LogP) is 3.97. The van der Waals surface area contributed by atoms with Crippen LogP contribution in [-0.2, 0) is 0 Å². The van der Waals surface area contributed by atoms with E-state index in [0.29, 0.717) is 6.04 Å². The number of carbonyl (C=O) groups is 1. The van der Waals surface area contributed by atoms with Gasteiger partial charge in [0, 0.05) is 50.0 Å². The highest BCUT2D eigenvalue weighted by atomic mass is 16.1. The molecule has 4 atom stereocenters. The van der Waals surface area contributed by atoms with Crippen LogP contribution >= 0.6 is 0 Å². The summed E-state index contributed by atoms with van der Waals surface area (Å²) in [5, 5.41) is 3.30. The maximum atomic E-state index is 12.5. The molecule has 2 saturated carbocycles. The zero-order chi connectivity index (χ0) is 21.0. The Hall–Kier alpha value is -2.40. The second kappa shape index (κ2) is 9.39. The third-order valence-corrected chi connectivity index (χ3v) is 7.76. The first-order valence-corrected chi connectivity index (χ1v) is 12.0. The maximum Gasteiger partial charge on any atom is 0.251 e. The van der Waals surface area contributed by atoms with E-state index in [2.05, 4.69) is 32.2 Å². The number of hydrogen-bond donors (Lipinski definition) is 1. The van der Waals surface area contributed by atoms with Gasteiger partial charge in [0.05, 0.1) is 0 Å². The van der Waals surface area contributed by atoms with Crippen LogP contribution < -0.4 is 10.2 Å². The van der Waals surface area contributed by atoms with E-state index in [-0.39, 0.29) is 5.91 Å². The molecule has 0 spiro atoms. The Morgan fingerprint density at radius 1 is 0.839 bits per heavy atom. The van der Waals surface area contributed by atoms with Crippen LogP contribution in [0.4, 0.5) is 5.82 Å². The molecule has 0 unspecified atom stereocenters. The van der Waals surface area contributed by atoms with Gasteiger partial charge in [-0.2, -0.15) is 0 Å². The average molecular weight is 419 g/mol. The fraction of sp³-hybridized carbons (Fsp3) is 0.538. The fourth-order valence-corrected chi connectivity index (χ4v) is 6.04. The van der Waals surface area contributed by atoms with Crippen molar-refractivity contribution in [3.8, 4) is 0 Å². The van der Waals surface area contributed by atoms with Gasteiger partial charge < -0.3 is 10.2 Å². The van der Waals surface area contributed by atoms with Gasteiger partial charge in [-0.15, -0.1) is 0 Å². The number of hydrogen-bond acceptors (Lipinski definition) is 4. The van der Waals surface area contributed by atoms with Gasteiger partial charge in [-0.3, -0.25) is 9.69 Å². The lowest BCUT2D eigenvalue weighted by Gasteiger charge is -2.47. The van der Waals surface area contributed by atoms with Crippen LogP contribution in [-0.4, -0.2) is 54.1 Å². The molecule has 1 amide bonds. The number of aromatic nitrogens is 1. The summed E-state index contributed by atoms with van der Waals surface area (Å²) in [6, 6.07) is 16.9. The molecule has 164 valence electrons. The maximum absolute atomic E-state index is 12.5. The Kier molecular flexibility index (Phi) is 6.21. The molecular weight excluding hydrogens is 384 g/mol. The summed E-state index contributed by atoms with van der Waals surface area (Å²) in [4.78, 5) is 22.2. The molecule has 0 bridgehead atoms. The largest absolute Gasteiger partial charge is 0.354 e. The summed E-state index contributed by atoms with van der Waals surface area (Å²) in [5.41, 5.74) is 0.776. The molecule has 5 rings (SSSR count). The van der Waals surface area contributed by atoms with Gasteiger partial charge in [-0.1, -0.05) is 24.3 Å². The molecule has 1 aromatic heterocycles. The first-order valence-electron chi connectivity index (χ1n) is 12.0. The minimum atomic E-state index is 0.0866. The van der Waals surface area contributed by atoms with Gasteiger partial charge in [-0.25, -0.2) is 4.98 Å². The SMILES string of the molecule is O=C(N[C@H]1CC[C@H]2C[C@@H](N3CCN(c4ccccn4)CC3)CC[C@@H]2C1)c1ccccc1. The normalized spacial score (nSPS) is 29.2. The van der Waals surface area contributed by atoms with Gasteiger partial charge in [0.15, 0.2) is 0 Å². The average Bonchev–Trinajstić information content (AvgIpc) is 2.85. The van der Waals surface area contributed by atoms with Crippen LogP contribution in [0, 0.1) is 11.8 Å². The van der Waals surface area contributed by atoms with Crippen LogP contribution in [0.1, 0.15) is 48.9 Å². The molecule has 1 saturated heterocycles. The lowest BCUT2D eigenvalue weighted by atomic mass is 9.67. The Morgan fingerprint density at radius 3 is 2.35 bits per heavy atom. The molecule has 3 fully saturated rings. The van der Waals surface area contributed by atoms with E-state index in [4.69, 9.17) is 0 Å². The highest BCUT2D eigenvalue weighted by molar-refractivity contribution is 5.94. The fourth-order valence-electron chi connectivity index (χ4n) is 6.04. The number of nitrogens with one attached hydrogen (secondary N) is 1. The van der Waals surface area contributed by atoms with Crippen LogP contribution in [0.25, 0.3) is 0 Å². The van der Waals surface area contributed by atoms with Crippen LogP contribution in [0.5, 0.6) is 0 Å².